The lowest BCUT2D eigenvalue weighted by molar-refractivity contribution is 1.55. The molecule has 0 aromatic heterocycles. The first-order chi connectivity index (χ1) is 3.80. The molecule has 0 spiro atoms. The Morgan fingerprint density at radius 1 is 0.889 bits per heavy atom. The van der Waals surface area contributed by atoms with Crippen LogP contribution in [-0.4, -0.2) is 0 Å². The highest BCUT2D eigenvalue weighted by molar-refractivity contribution is 6.49. The van der Waals surface area contributed by atoms with Gasteiger partial charge < -0.3 is 6.15 Å². The Morgan fingerprint density at radius 3 is 1.33 bits per heavy atom. The van der Waals surface area contributed by atoms with Crippen molar-refractivity contribution < 1.29 is 0 Å². The minimum Gasteiger partial charge on any atom is -0.344 e. The van der Waals surface area contributed by atoms with Gasteiger partial charge in [0.25, 0.3) is 0 Å². The lowest BCUT2D eigenvalue weighted by Gasteiger charge is -2.19. The number of benzene rings is 1. The van der Waals surface area contributed by atoms with Crippen LogP contribution in [0.2, 0.25) is 10.0 Å². The molecule has 0 unspecified atom stereocenters. The molecule has 0 heterocycles. The minimum absolute atomic E-state index is 0. The van der Waals surface area contributed by atoms with E-state index in [4.69, 9.17) is 23.2 Å². The van der Waals surface area contributed by atoms with Crippen LogP contribution in [0.3, 0.4) is 0 Å². The van der Waals surface area contributed by atoms with Gasteiger partial charge >= 0.3 is 0 Å². The van der Waals surface area contributed by atoms with E-state index in [1.54, 1.807) is 0 Å². The SMILES string of the molecule is Clc1c2ccc-2c1Cl.N. The molecular weight excluding hydrogens is 157 g/mol. The fourth-order valence-corrected chi connectivity index (χ4v) is 1.34. The third-order valence-electron chi connectivity index (χ3n) is 1.37. The van der Waals surface area contributed by atoms with Crippen LogP contribution < -0.4 is 6.15 Å². The summed E-state index contributed by atoms with van der Waals surface area (Å²) in [6.45, 7) is 0. The average Bonchev–Trinajstić information content (AvgIpc) is 1.64. The summed E-state index contributed by atoms with van der Waals surface area (Å²) in [6.07, 6.45) is 0. The summed E-state index contributed by atoms with van der Waals surface area (Å²) >= 11 is 11.3. The standard InChI is InChI=1S/C6H2Cl2.H3N/c7-5-3-1-2-4(3)6(5)8;/h1-2H;1H3. The molecule has 0 saturated carbocycles. The maximum atomic E-state index is 5.63. The number of fused-ring (bicyclic) bond motifs is 1. The molecule has 9 heavy (non-hydrogen) atoms. The van der Waals surface area contributed by atoms with Crippen LogP contribution in [0.5, 0.6) is 0 Å². The number of hydrogen-bond donors (Lipinski definition) is 1. The van der Waals surface area contributed by atoms with Crippen molar-refractivity contribution >= 4 is 23.2 Å². The predicted octanol–water partition coefficient (Wildman–Crippen LogP) is 3.14. The molecule has 0 aromatic rings. The Hall–Kier alpha value is -0.240. The molecule has 0 amide bonds. The highest BCUT2D eigenvalue weighted by Crippen LogP contribution is 2.49. The summed E-state index contributed by atoms with van der Waals surface area (Å²) in [4.78, 5) is 0. The third-order valence-corrected chi connectivity index (χ3v) is 2.25. The van der Waals surface area contributed by atoms with Crippen LogP contribution in [0.25, 0.3) is 11.1 Å². The summed E-state index contributed by atoms with van der Waals surface area (Å²) in [6, 6.07) is 3.92. The second-order valence-electron chi connectivity index (χ2n) is 1.79. The molecule has 1 nitrogen and oxygen atoms in total. The molecule has 0 bridgehead atoms. The quantitative estimate of drug-likeness (QED) is 0.634. The van der Waals surface area contributed by atoms with Crippen LogP contribution >= 0.6 is 23.2 Å². The highest BCUT2D eigenvalue weighted by Gasteiger charge is 2.22. The summed E-state index contributed by atoms with van der Waals surface area (Å²) in [5.74, 6) is 0. The van der Waals surface area contributed by atoms with Gasteiger partial charge in [-0.2, -0.15) is 0 Å². The zero-order valence-corrected chi connectivity index (χ0v) is 6.13. The second kappa shape index (κ2) is 1.87. The molecule has 0 atom stereocenters. The number of hydrogen-bond acceptors (Lipinski definition) is 1. The summed E-state index contributed by atoms with van der Waals surface area (Å²) in [5, 5.41) is 1.45. The normalized spacial score (nSPS) is 10.4. The maximum Gasteiger partial charge on any atom is 0.0677 e. The third kappa shape index (κ3) is 0.597. The molecule has 0 aromatic carbocycles. The van der Waals surface area contributed by atoms with Crippen LogP contribution in [0.15, 0.2) is 12.1 Å². The van der Waals surface area contributed by atoms with E-state index < -0.39 is 0 Å². The summed E-state index contributed by atoms with van der Waals surface area (Å²) in [7, 11) is 0. The van der Waals surface area contributed by atoms with Crippen molar-refractivity contribution in [1.82, 2.24) is 6.15 Å². The molecule has 3 N–H and O–H groups in total. The molecule has 0 aliphatic heterocycles. The van der Waals surface area contributed by atoms with E-state index in [0.29, 0.717) is 0 Å². The van der Waals surface area contributed by atoms with Crippen LogP contribution in [0, 0.1) is 0 Å². The first kappa shape index (κ1) is 6.87. The van der Waals surface area contributed by atoms with Crippen molar-refractivity contribution in [2.24, 2.45) is 0 Å². The summed E-state index contributed by atoms with van der Waals surface area (Å²) in [5.41, 5.74) is 2.24. The zero-order chi connectivity index (χ0) is 5.72. The van der Waals surface area contributed by atoms with Crippen molar-refractivity contribution in [3.63, 3.8) is 0 Å². The molecule has 3 heteroatoms. The largest absolute Gasteiger partial charge is 0.344 e. The van der Waals surface area contributed by atoms with Gasteiger partial charge in [-0.15, -0.1) is 0 Å². The van der Waals surface area contributed by atoms with E-state index in [2.05, 4.69) is 0 Å². The van der Waals surface area contributed by atoms with E-state index in [1.165, 1.54) is 0 Å². The molecule has 2 aliphatic rings. The van der Waals surface area contributed by atoms with Gasteiger partial charge in [0.15, 0.2) is 0 Å². The Labute approximate surface area is 63.2 Å². The minimum atomic E-state index is 0. The molecule has 48 valence electrons. The van der Waals surface area contributed by atoms with Crippen molar-refractivity contribution in [2.45, 2.75) is 0 Å². The van der Waals surface area contributed by atoms with Gasteiger partial charge in [0, 0.05) is 11.1 Å². The number of rotatable bonds is 0. The Kier molecular flexibility index (Phi) is 1.43. The zero-order valence-electron chi connectivity index (χ0n) is 4.62. The second-order valence-corrected chi connectivity index (χ2v) is 2.54. The van der Waals surface area contributed by atoms with Crippen molar-refractivity contribution in [3.8, 4) is 11.1 Å². The van der Waals surface area contributed by atoms with E-state index in [1.807, 2.05) is 12.1 Å². The Bertz CT molecular complexity index is 230. The van der Waals surface area contributed by atoms with Gasteiger partial charge in [0.05, 0.1) is 10.0 Å². The number of halogens is 2. The van der Waals surface area contributed by atoms with E-state index >= 15 is 0 Å². The van der Waals surface area contributed by atoms with Gasteiger partial charge in [0.2, 0.25) is 0 Å². The van der Waals surface area contributed by atoms with Gasteiger partial charge in [-0.1, -0.05) is 35.3 Å². The molecular formula is C6H5Cl2N. The van der Waals surface area contributed by atoms with Crippen LogP contribution in [0.4, 0.5) is 0 Å². The molecule has 0 radical (unpaired) electrons. The fourth-order valence-electron chi connectivity index (χ4n) is 0.807. The van der Waals surface area contributed by atoms with Crippen molar-refractivity contribution in [3.05, 3.63) is 22.2 Å². The summed E-state index contributed by atoms with van der Waals surface area (Å²) < 4.78 is 0. The van der Waals surface area contributed by atoms with Crippen molar-refractivity contribution in [2.75, 3.05) is 0 Å². The van der Waals surface area contributed by atoms with E-state index in [-0.39, 0.29) is 6.15 Å². The molecule has 2 rings (SSSR count). The van der Waals surface area contributed by atoms with Crippen LogP contribution in [0.1, 0.15) is 0 Å². The fraction of sp³-hybridized carbons (Fsp3) is 0. The smallest absolute Gasteiger partial charge is 0.0677 e. The Morgan fingerprint density at radius 2 is 1.22 bits per heavy atom. The lowest BCUT2D eigenvalue weighted by atomic mass is 9.94. The van der Waals surface area contributed by atoms with Gasteiger partial charge in [0.1, 0.15) is 0 Å². The van der Waals surface area contributed by atoms with Crippen molar-refractivity contribution in [1.29, 1.82) is 0 Å². The topological polar surface area (TPSA) is 35.0 Å². The highest BCUT2D eigenvalue weighted by atomic mass is 35.5. The average molecular weight is 162 g/mol. The van der Waals surface area contributed by atoms with Crippen LogP contribution in [-0.2, 0) is 0 Å². The van der Waals surface area contributed by atoms with Gasteiger partial charge in [-0.05, 0) is 0 Å². The first-order valence-electron chi connectivity index (χ1n) is 2.29. The first-order valence-corrected chi connectivity index (χ1v) is 3.04. The van der Waals surface area contributed by atoms with E-state index in [9.17, 15) is 0 Å². The van der Waals surface area contributed by atoms with E-state index in [0.717, 1.165) is 21.2 Å². The predicted molar refractivity (Wildman–Crippen MR) is 40.5 cm³/mol. The van der Waals surface area contributed by atoms with Gasteiger partial charge in [-0.3, -0.25) is 0 Å². The Balaban J connectivity index is 0.000000405. The maximum absolute atomic E-state index is 5.63. The lowest BCUT2D eigenvalue weighted by Crippen LogP contribution is -1.93. The van der Waals surface area contributed by atoms with Gasteiger partial charge in [-0.25, -0.2) is 0 Å². The monoisotopic (exact) mass is 161 g/mol. The molecule has 2 aliphatic carbocycles. The molecule has 0 fully saturated rings. The molecule has 0 saturated heterocycles.